The average molecular weight is 290 g/mol. The van der Waals surface area contributed by atoms with Crippen molar-refractivity contribution in [3.8, 4) is 11.1 Å². The Morgan fingerprint density at radius 2 is 1.73 bits per heavy atom. The number of aromatic nitrogens is 1. The number of nitrogens with zero attached hydrogens (tertiary/aromatic N) is 1. The van der Waals surface area contributed by atoms with Gasteiger partial charge in [-0.25, -0.2) is 9.78 Å². The lowest BCUT2D eigenvalue weighted by molar-refractivity contribution is 0.0697. The van der Waals surface area contributed by atoms with Crippen LogP contribution in [0.5, 0.6) is 0 Å². The molecular formula is C18H14N2O2. The maximum atomic E-state index is 11.0. The lowest BCUT2D eigenvalue weighted by Crippen LogP contribution is -1.98. The molecule has 0 spiro atoms. The molecule has 1 heterocycles. The third-order valence-electron chi connectivity index (χ3n) is 3.25. The standard InChI is InChI=1S/C18H14N2O2/c21-18(22)14-7-4-8-16(11-14)20-17-10-9-15(12-19-17)13-5-2-1-3-6-13/h1-12H,(H,19,20)(H,21,22). The van der Waals surface area contributed by atoms with Crippen molar-refractivity contribution in [3.05, 3.63) is 78.5 Å². The molecule has 2 aromatic carbocycles. The number of anilines is 2. The number of carboxylic acid groups (broad SMARTS) is 1. The van der Waals surface area contributed by atoms with Crippen molar-refractivity contribution in [1.29, 1.82) is 0 Å². The van der Waals surface area contributed by atoms with E-state index in [1.54, 1.807) is 30.5 Å². The van der Waals surface area contributed by atoms with Crippen LogP contribution in [0, 0.1) is 0 Å². The highest BCUT2D eigenvalue weighted by molar-refractivity contribution is 5.89. The van der Waals surface area contributed by atoms with Crippen LogP contribution in [0.15, 0.2) is 72.9 Å². The fourth-order valence-electron chi connectivity index (χ4n) is 2.15. The Morgan fingerprint density at radius 3 is 2.41 bits per heavy atom. The summed E-state index contributed by atoms with van der Waals surface area (Å²) in [5, 5.41) is 12.1. The summed E-state index contributed by atoms with van der Waals surface area (Å²) in [6.07, 6.45) is 1.79. The van der Waals surface area contributed by atoms with Crippen LogP contribution < -0.4 is 5.32 Å². The van der Waals surface area contributed by atoms with Gasteiger partial charge in [-0.15, -0.1) is 0 Å². The second-order valence-corrected chi connectivity index (χ2v) is 4.81. The van der Waals surface area contributed by atoms with Gasteiger partial charge in [0.25, 0.3) is 0 Å². The van der Waals surface area contributed by atoms with E-state index in [1.165, 1.54) is 0 Å². The minimum Gasteiger partial charge on any atom is -0.478 e. The Balaban J connectivity index is 1.79. The molecular weight excluding hydrogens is 276 g/mol. The number of rotatable bonds is 4. The highest BCUT2D eigenvalue weighted by Crippen LogP contribution is 2.21. The zero-order valence-electron chi connectivity index (χ0n) is 11.7. The van der Waals surface area contributed by atoms with Crippen LogP contribution in [-0.2, 0) is 0 Å². The van der Waals surface area contributed by atoms with Gasteiger partial charge < -0.3 is 10.4 Å². The molecule has 108 valence electrons. The lowest BCUT2D eigenvalue weighted by atomic mass is 10.1. The van der Waals surface area contributed by atoms with E-state index in [1.807, 2.05) is 42.5 Å². The molecule has 0 fully saturated rings. The van der Waals surface area contributed by atoms with Crippen molar-refractivity contribution in [2.45, 2.75) is 0 Å². The summed E-state index contributed by atoms with van der Waals surface area (Å²) in [5.74, 6) is -0.279. The van der Waals surface area contributed by atoms with E-state index in [9.17, 15) is 4.79 Å². The van der Waals surface area contributed by atoms with Gasteiger partial charge in [0.2, 0.25) is 0 Å². The van der Waals surface area contributed by atoms with Crippen LogP contribution >= 0.6 is 0 Å². The molecule has 4 heteroatoms. The Labute approximate surface area is 128 Å². The van der Waals surface area contributed by atoms with Crippen LogP contribution in [0.2, 0.25) is 0 Å². The smallest absolute Gasteiger partial charge is 0.335 e. The minimum atomic E-state index is -0.948. The molecule has 0 aliphatic heterocycles. The van der Waals surface area contributed by atoms with Crippen LogP contribution in [0.4, 0.5) is 11.5 Å². The van der Waals surface area contributed by atoms with E-state index in [0.29, 0.717) is 11.5 Å². The predicted molar refractivity (Wildman–Crippen MR) is 86.4 cm³/mol. The molecule has 3 rings (SSSR count). The first kappa shape index (κ1) is 13.8. The van der Waals surface area contributed by atoms with Crippen molar-refractivity contribution in [2.75, 3.05) is 5.32 Å². The second-order valence-electron chi connectivity index (χ2n) is 4.81. The summed E-state index contributed by atoms with van der Waals surface area (Å²) in [6, 6.07) is 20.5. The summed E-state index contributed by atoms with van der Waals surface area (Å²) in [5.41, 5.74) is 3.07. The zero-order chi connectivity index (χ0) is 15.4. The van der Waals surface area contributed by atoms with E-state index < -0.39 is 5.97 Å². The lowest BCUT2D eigenvalue weighted by Gasteiger charge is -2.07. The van der Waals surface area contributed by atoms with E-state index >= 15 is 0 Å². The molecule has 0 radical (unpaired) electrons. The first-order valence-electron chi connectivity index (χ1n) is 6.84. The molecule has 2 N–H and O–H groups in total. The van der Waals surface area contributed by atoms with Crippen molar-refractivity contribution in [3.63, 3.8) is 0 Å². The number of pyridine rings is 1. The maximum Gasteiger partial charge on any atom is 0.335 e. The number of carbonyl (C=O) groups is 1. The molecule has 22 heavy (non-hydrogen) atoms. The van der Waals surface area contributed by atoms with Crippen molar-refractivity contribution in [2.24, 2.45) is 0 Å². The van der Waals surface area contributed by atoms with E-state index in [-0.39, 0.29) is 5.56 Å². The average Bonchev–Trinajstić information content (AvgIpc) is 2.56. The summed E-state index contributed by atoms with van der Waals surface area (Å²) in [4.78, 5) is 15.3. The SMILES string of the molecule is O=C(O)c1cccc(Nc2ccc(-c3ccccc3)cn2)c1. The van der Waals surface area contributed by atoms with Crippen molar-refractivity contribution >= 4 is 17.5 Å². The maximum absolute atomic E-state index is 11.0. The number of nitrogens with one attached hydrogen (secondary N) is 1. The molecule has 0 bridgehead atoms. The molecule has 4 nitrogen and oxygen atoms in total. The van der Waals surface area contributed by atoms with Gasteiger partial charge in [0.15, 0.2) is 0 Å². The molecule has 1 aromatic heterocycles. The molecule has 0 saturated carbocycles. The van der Waals surface area contributed by atoms with Gasteiger partial charge in [-0.3, -0.25) is 0 Å². The fourth-order valence-corrected chi connectivity index (χ4v) is 2.15. The Kier molecular flexibility index (Phi) is 3.83. The van der Waals surface area contributed by atoms with Gasteiger partial charge in [0, 0.05) is 17.4 Å². The normalized spacial score (nSPS) is 10.2. The molecule has 0 unspecified atom stereocenters. The molecule has 0 atom stereocenters. The highest BCUT2D eigenvalue weighted by Gasteiger charge is 2.04. The number of hydrogen-bond acceptors (Lipinski definition) is 3. The topological polar surface area (TPSA) is 62.2 Å². The summed E-state index contributed by atoms with van der Waals surface area (Å²) in [7, 11) is 0. The van der Waals surface area contributed by atoms with Crippen LogP contribution in [0.25, 0.3) is 11.1 Å². The molecule has 0 amide bonds. The van der Waals surface area contributed by atoms with Crippen molar-refractivity contribution in [1.82, 2.24) is 4.98 Å². The van der Waals surface area contributed by atoms with E-state index in [4.69, 9.17) is 5.11 Å². The number of carboxylic acids is 1. The van der Waals surface area contributed by atoms with Crippen LogP contribution in [-0.4, -0.2) is 16.1 Å². The van der Waals surface area contributed by atoms with Gasteiger partial charge >= 0.3 is 5.97 Å². The van der Waals surface area contributed by atoms with Gasteiger partial charge in [0.05, 0.1) is 5.56 Å². The van der Waals surface area contributed by atoms with Crippen LogP contribution in [0.1, 0.15) is 10.4 Å². The fraction of sp³-hybridized carbons (Fsp3) is 0. The zero-order valence-corrected chi connectivity index (χ0v) is 11.7. The summed E-state index contributed by atoms with van der Waals surface area (Å²) >= 11 is 0. The molecule has 0 aliphatic carbocycles. The summed E-state index contributed by atoms with van der Waals surface area (Å²) in [6.45, 7) is 0. The number of aromatic carboxylic acids is 1. The number of hydrogen-bond donors (Lipinski definition) is 2. The van der Waals surface area contributed by atoms with Gasteiger partial charge in [0.1, 0.15) is 5.82 Å². The first-order valence-corrected chi connectivity index (χ1v) is 6.84. The molecule has 0 aliphatic rings. The van der Waals surface area contributed by atoms with E-state index in [2.05, 4.69) is 10.3 Å². The summed E-state index contributed by atoms with van der Waals surface area (Å²) < 4.78 is 0. The highest BCUT2D eigenvalue weighted by atomic mass is 16.4. The third-order valence-corrected chi connectivity index (χ3v) is 3.25. The van der Waals surface area contributed by atoms with E-state index in [0.717, 1.165) is 11.1 Å². The van der Waals surface area contributed by atoms with Gasteiger partial charge in [-0.2, -0.15) is 0 Å². The molecule has 3 aromatic rings. The molecule has 0 saturated heterocycles. The second kappa shape index (κ2) is 6.10. The van der Waals surface area contributed by atoms with Gasteiger partial charge in [-0.1, -0.05) is 36.4 Å². The quantitative estimate of drug-likeness (QED) is 0.756. The Morgan fingerprint density at radius 1 is 0.909 bits per heavy atom. The number of benzene rings is 2. The monoisotopic (exact) mass is 290 g/mol. The van der Waals surface area contributed by atoms with Crippen LogP contribution in [0.3, 0.4) is 0 Å². The Bertz CT molecular complexity index is 784. The third kappa shape index (κ3) is 3.12. The largest absolute Gasteiger partial charge is 0.478 e. The minimum absolute atomic E-state index is 0.242. The first-order chi connectivity index (χ1) is 10.7. The van der Waals surface area contributed by atoms with Crippen molar-refractivity contribution < 1.29 is 9.90 Å². The Hall–Kier alpha value is -3.14. The predicted octanol–water partition coefficient (Wildman–Crippen LogP) is 4.19. The van der Waals surface area contributed by atoms with Gasteiger partial charge in [-0.05, 0) is 35.9 Å².